The maximum Gasteiger partial charge on any atom is 0.134 e. The summed E-state index contributed by atoms with van der Waals surface area (Å²) in [4.78, 5) is 0. The molecular weight excluding hydrogens is 208 g/mol. The summed E-state index contributed by atoms with van der Waals surface area (Å²) in [6, 6.07) is 9.94. The molecule has 15 heavy (non-hydrogen) atoms. The zero-order valence-corrected chi connectivity index (χ0v) is 9.05. The van der Waals surface area contributed by atoms with E-state index >= 15 is 0 Å². The van der Waals surface area contributed by atoms with Gasteiger partial charge in [-0.3, -0.25) is 0 Å². The van der Waals surface area contributed by atoms with Crippen LogP contribution in [0.3, 0.4) is 0 Å². The number of aryl methyl sites for hydroxylation is 2. The summed E-state index contributed by atoms with van der Waals surface area (Å²) in [7, 11) is 0. The van der Waals surface area contributed by atoms with Gasteiger partial charge in [0.15, 0.2) is 0 Å². The van der Waals surface area contributed by atoms with Crippen LogP contribution < -0.4 is 0 Å². The highest BCUT2D eigenvalue weighted by Gasteiger charge is 2.17. The molecule has 2 heteroatoms. The number of fused-ring (bicyclic) bond motifs is 1. The van der Waals surface area contributed by atoms with Gasteiger partial charge in [0, 0.05) is 17.0 Å². The highest BCUT2D eigenvalue weighted by atomic mass is 35.5. The van der Waals surface area contributed by atoms with Gasteiger partial charge in [0.2, 0.25) is 0 Å². The quantitative estimate of drug-likeness (QED) is 0.703. The standard InChI is InChI=1S/C13H11ClO/c14-11-6-4-9(5-7-11)13-8-10-2-1-3-12(10)15-13/h4-8H,1-3H2. The van der Waals surface area contributed by atoms with E-state index in [1.807, 2.05) is 24.3 Å². The predicted octanol–water partition coefficient (Wildman–Crippen LogP) is 4.09. The number of hydrogen-bond donors (Lipinski definition) is 0. The monoisotopic (exact) mass is 218 g/mol. The van der Waals surface area contributed by atoms with E-state index in [1.165, 1.54) is 17.7 Å². The number of hydrogen-bond acceptors (Lipinski definition) is 1. The van der Waals surface area contributed by atoms with Crippen molar-refractivity contribution < 1.29 is 4.42 Å². The molecule has 1 nitrogen and oxygen atoms in total. The average Bonchev–Trinajstić information content (AvgIpc) is 2.78. The molecule has 76 valence electrons. The molecule has 1 aromatic carbocycles. The summed E-state index contributed by atoms with van der Waals surface area (Å²) in [6.07, 6.45) is 3.48. The molecule has 1 aliphatic carbocycles. The van der Waals surface area contributed by atoms with Crippen molar-refractivity contribution in [2.45, 2.75) is 19.3 Å². The molecule has 0 aliphatic heterocycles. The Balaban J connectivity index is 2.02. The highest BCUT2D eigenvalue weighted by Crippen LogP contribution is 2.31. The second-order valence-corrected chi connectivity index (χ2v) is 4.36. The molecule has 1 aliphatic rings. The van der Waals surface area contributed by atoms with Gasteiger partial charge in [-0.1, -0.05) is 11.6 Å². The highest BCUT2D eigenvalue weighted by molar-refractivity contribution is 6.30. The van der Waals surface area contributed by atoms with Crippen molar-refractivity contribution in [3.63, 3.8) is 0 Å². The maximum absolute atomic E-state index is 5.84. The minimum Gasteiger partial charge on any atom is -0.461 e. The Morgan fingerprint density at radius 2 is 1.87 bits per heavy atom. The third-order valence-electron chi connectivity index (χ3n) is 2.88. The van der Waals surface area contributed by atoms with Crippen LogP contribution in [-0.4, -0.2) is 0 Å². The Morgan fingerprint density at radius 3 is 2.60 bits per heavy atom. The normalized spacial score (nSPS) is 14.2. The van der Waals surface area contributed by atoms with Gasteiger partial charge in [-0.25, -0.2) is 0 Å². The number of halogens is 1. The second-order valence-electron chi connectivity index (χ2n) is 3.92. The molecule has 0 saturated carbocycles. The Morgan fingerprint density at radius 1 is 1.07 bits per heavy atom. The first kappa shape index (κ1) is 9.05. The van der Waals surface area contributed by atoms with Crippen LogP contribution >= 0.6 is 11.6 Å². The number of furan rings is 1. The van der Waals surface area contributed by atoms with E-state index in [1.54, 1.807) is 0 Å². The first-order valence-electron chi connectivity index (χ1n) is 5.20. The van der Waals surface area contributed by atoms with Gasteiger partial charge in [-0.05, 0) is 48.7 Å². The molecule has 0 saturated heterocycles. The molecule has 3 rings (SSSR count). The van der Waals surface area contributed by atoms with Crippen LogP contribution in [0.2, 0.25) is 5.02 Å². The fraction of sp³-hybridized carbons (Fsp3) is 0.231. The SMILES string of the molecule is Clc1ccc(-c2cc3c(o2)CCC3)cc1. The van der Waals surface area contributed by atoms with E-state index in [0.717, 1.165) is 29.2 Å². The topological polar surface area (TPSA) is 13.1 Å². The van der Waals surface area contributed by atoms with Crippen molar-refractivity contribution in [2.75, 3.05) is 0 Å². The zero-order chi connectivity index (χ0) is 10.3. The van der Waals surface area contributed by atoms with Crippen LogP contribution in [0.1, 0.15) is 17.7 Å². The summed E-state index contributed by atoms with van der Waals surface area (Å²) >= 11 is 5.84. The smallest absolute Gasteiger partial charge is 0.134 e. The Hall–Kier alpha value is -1.21. The first-order chi connectivity index (χ1) is 7.33. The summed E-state index contributed by atoms with van der Waals surface area (Å²) < 4.78 is 5.81. The Labute approximate surface area is 93.7 Å². The second kappa shape index (κ2) is 3.42. The fourth-order valence-electron chi connectivity index (χ4n) is 2.09. The third kappa shape index (κ3) is 1.57. The van der Waals surface area contributed by atoms with E-state index in [2.05, 4.69) is 6.07 Å². The van der Waals surface area contributed by atoms with E-state index in [0.29, 0.717) is 0 Å². The molecule has 0 spiro atoms. The average molecular weight is 219 g/mol. The van der Waals surface area contributed by atoms with E-state index in [9.17, 15) is 0 Å². The molecule has 0 radical (unpaired) electrons. The largest absolute Gasteiger partial charge is 0.461 e. The lowest BCUT2D eigenvalue weighted by atomic mass is 10.1. The molecule has 1 aromatic heterocycles. The molecule has 0 atom stereocenters. The minimum absolute atomic E-state index is 0.762. The van der Waals surface area contributed by atoms with E-state index in [4.69, 9.17) is 16.0 Å². The summed E-state index contributed by atoms with van der Waals surface area (Å²) in [5.41, 5.74) is 2.48. The van der Waals surface area contributed by atoms with Crippen molar-refractivity contribution in [3.05, 3.63) is 46.7 Å². The van der Waals surface area contributed by atoms with Crippen molar-refractivity contribution in [1.82, 2.24) is 0 Å². The zero-order valence-electron chi connectivity index (χ0n) is 8.29. The van der Waals surface area contributed by atoms with Crippen molar-refractivity contribution >= 4 is 11.6 Å². The fourth-order valence-corrected chi connectivity index (χ4v) is 2.21. The van der Waals surface area contributed by atoms with E-state index < -0.39 is 0 Å². The summed E-state index contributed by atoms with van der Waals surface area (Å²) in [6.45, 7) is 0. The van der Waals surface area contributed by atoms with Crippen molar-refractivity contribution in [1.29, 1.82) is 0 Å². The van der Waals surface area contributed by atoms with Gasteiger partial charge in [-0.2, -0.15) is 0 Å². The van der Waals surface area contributed by atoms with Crippen molar-refractivity contribution in [2.24, 2.45) is 0 Å². The van der Waals surface area contributed by atoms with Crippen molar-refractivity contribution in [3.8, 4) is 11.3 Å². The minimum atomic E-state index is 0.762. The van der Waals surface area contributed by atoms with Gasteiger partial charge < -0.3 is 4.42 Å². The maximum atomic E-state index is 5.84. The lowest BCUT2D eigenvalue weighted by Gasteiger charge is -1.97. The van der Waals surface area contributed by atoms with Crippen LogP contribution in [0.15, 0.2) is 34.7 Å². The van der Waals surface area contributed by atoms with Crippen LogP contribution in [0.4, 0.5) is 0 Å². The molecule has 0 unspecified atom stereocenters. The Kier molecular flexibility index (Phi) is 2.06. The van der Waals surface area contributed by atoms with Crippen LogP contribution in [0, 0.1) is 0 Å². The van der Waals surface area contributed by atoms with Crippen LogP contribution in [0.25, 0.3) is 11.3 Å². The molecule has 0 fully saturated rings. The number of rotatable bonds is 1. The number of benzene rings is 1. The third-order valence-corrected chi connectivity index (χ3v) is 3.13. The summed E-state index contributed by atoms with van der Waals surface area (Å²) in [5.74, 6) is 2.14. The van der Waals surface area contributed by atoms with Gasteiger partial charge in [0.05, 0.1) is 0 Å². The lowest BCUT2D eigenvalue weighted by Crippen LogP contribution is -1.75. The molecular formula is C13H11ClO. The summed E-state index contributed by atoms with van der Waals surface area (Å²) in [5, 5.41) is 0.762. The Bertz CT molecular complexity index is 460. The first-order valence-corrected chi connectivity index (χ1v) is 5.58. The molecule has 0 amide bonds. The molecule has 2 aromatic rings. The van der Waals surface area contributed by atoms with Gasteiger partial charge in [0.1, 0.15) is 11.5 Å². The van der Waals surface area contributed by atoms with Crippen LogP contribution in [0.5, 0.6) is 0 Å². The van der Waals surface area contributed by atoms with Gasteiger partial charge >= 0.3 is 0 Å². The van der Waals surface area contributed by atoms with Crippen LogP contribution in [-0.2, 0) is 12.8 Å². The van der Waals surface area contributed by atoms with Gasteiger partial charge in [-0.15, -0.1) is 0 Å². The van der Waals surface area contributed by atoms with E-state index in [-0.39, 0.29) is 0 Å². The molecule has 0 N–H and O–H groups in total. The predicted molar refractivity (Wildman–Crippen MR) is 61.2 cm³/mol. The molecule has 0 bridgehead atoms. The molecule has 1 heterocycles. The van der Waals surface area contributed by atoms with Gasteiger partial charge in [0.25, 0.3) is 0 Å². The lowest BCUT2D eigenvalue weighted by molar-refractivity contribution is 0.529.